The second-order valence-corrected chi connectivity index (χ2v) is 6.56. The average molecular weight is 360 g/mol. The molecule has 7 heteroatoms. The fourth-order valence-corrected chi connectivity index (χ4v) is 3.05. The number of hydrazone groups is 1. The van der Waals surface area contributed by atoms with E-state index >= 15 is 0 Å². The smallest absolute Gasteiger partial charge is 0.285 e. The van der Waals surface area contributed by atoms with Crippen LogP contribution >= 0.6 is 11.6 Å². The summed E-state index contributed by atoms with van der Waals surface area (Å²) in [7, 11) is 0. The van der Waals surface area contributed by atoms with E-state index in [0.29, 0.717) is 5.69 Å². The zero-order valence-electron chi connectivity index (χ0n) is 14.3. The summed E-state index contributed by atoms with van der Waals surface area (Å²) in [6, 6.07) is 8.42. The van der Waals surface area contributed by atoms with Crippen LogP contribution in [0.25, 0.3) is 0 Å². The molecule has 0 aliphatic carbocycles. The molecule has 1 fully saturated rings. The van der Waals surface area contributed by atoms with Crippen molar-refractivity contribution in [2.75, 3.05) is 23.4 Å². The Morgan fingerprint density at radius 3 is 2.56 bits per heavy atom. The third-order valence-corrected chi connectivity index (χ3v) is 4.77. The van der Waals surface area contributed by atoms with Gasteiger partial charge in [-0.05, 0) is 37.5 Å². The van der Waals surface area contributed by atoms with Crippen molar-refractivity contribution in [1.82, 2.24) is 10.2 Å². The predicted molar refractivity (Wildman–Crippen MR) is 103 cm³/mol. The van der Waals surface area contributed by atoms with Crippen molar-refractivity contribution in [1.29, 1.82) is 0 Å². The van der Waals surface area contributed by atoms with Gasteiger partial charge in [-0.3, -0.25) is 10.2 Å². The largest absolute Gasteiger partial charge is 0.372 e. The van der Waals surface area contributed by atoms with Crippen LogP contribution in [0.4, 0.5) is 11.4 Å². The molecule has 2 heterocycles. The summed E-state index contributed by atoms with van der Waals surface area (Å²) in [5, 5.41) is 10.3. The highest BCUT2D eigenvalue weighted by Crippen LogP contribution is 2.20. The molecule has 1 aromatic carbocycles. The molecule has 1 aromatic heterocycles. The van der Waals surface area contributed by atoms with Crippen molar-refractivity contribution in [3.8, 4) is 0 Å². The van der Waals surface area contributed by atoms with E-state index in [1.54, 1.807) is 0 Å². The van der Waals surface area contributed by atoms with Crippen LogP contribution in [0.1, 0.15) is 38.2 Å². The van der Waals surface area contributed by atoms with Crippen LogP contribution in [0.2, 0.25) is 5.02 Å². The summed E-state index contributed by atoms with van der Waals surface area (Å²) in [6.45, 7) is 4.16. The van der Waals surface area contributed by atoms with Gasteiger partial charge in [0.05, 0.1) is 11.9 Å². The van der Waals surface area contributed by atoms with Crippen LogP contribution < -0.4 is 15.9 Å². The zero-order chi connectivity index (χ0) is 17.6. The van der Waals surface area contributed by atoms with Gasteiger partial charge in [-0.15, -0.1) is 0 Å². The Bertz CT molecular complexity index is 792. The lowest BCUT2D eigenvalue weighted by Gasteiger charge is -2.22. The Morgan fingerprint density at radius 2 is 1.88 bits per heavy atom. The van der Waals surface area contributed by atoms with Crippen molar-refractivity contribution >= 4 is 28.7 Å². The fourth-order valence-electron chi connectivity index (χ4n) is 2.91. The molecule has 132 valence electrons. The molecule has 2 N–H and O–H groups in total. The second kappa shape index (κ2) is 8.16. The number of H-pyrrole nitrogens is 1. The van der Waals surface area contributed by atoms with Gasteiger partial charge in [-0.25, -0.2) is 5.10 Å². The lowest BCUT2D eigenvalue weighted by atomic mass is 10.1. The first-order valence-electron chi connectivity index (χ1n) is 8.54. The number of aromatic amines is 1. The maximum Gasteiger partial charge on any atom is 0.285 e. The van der Waals surface area contributed by atoms with Crippen LogP contribution in [-0.4, -0.2) is 29.0 Å². The van der Waals surface area contributed by atoms with E-state index in [0.717, 1.165) is 24.4 Å². The van der Waals surface area contributed by atoms with Gasteiger partial charge < -0.3 is 4.90 Å². The number of anilines is 2. The number of halogens is 1. The van der Waals surface area contributed by atoms with Gasteiger partial charge in [-0.2, -0.15) is 10.2 Å². The first kappa shape index (κ1) is 17.5. The molecule has 0 saturated carbocycles. The van der Waals surface area contributed by atoms with Crippen LogP contribution in [0.5, 0.6) is 0 Å². The molecule has 6 nitrogen and oxygen atoms in total. The first-order valence-corrected chi connectivity index (χ1v) is 8.92. The first-order chi connectivity index (χ1) is 12.1. The monoisotopic (exact) mass is 359 g/mol. The molecule has 3 rings (SSSR count). The van der Waals surface area contributed by atoms with Crippen molar-refractivity contribution < 1.29 is 0 Å². The minimum atomic E-state index is -0.443. The molecule has 2 aromatic rings. The van der Waals surface area contributed by atoms with E-state index in [9.17, 15) is 4.79 Å². The van der Waals surface area contributed by atoms with Gasteiger partial charge in [-0.1, -0.05) is 36.6 Å². The standard InChI is InChI=1S/C18H22ClN5O/c1-13(21-22-16-12-20-23-18(25)17(16)19)14-6-8-15(9-7-14)24-10-4-2-3-5-11-24/h6-9,12H,2-5,10-11H2,1H3,(H2,22,23,25)/b21-13-. The summed E-state index contributed by atoms with van der Waals surface area (Å²) >= 11 is 5.92. The Morgan fingerprint density at radius 1 is 1.20 bits per heavy atom. The van der Waals surface area contributed by atoms with Crippen LogP contribution in [-0.2, 0) is 0 Å². The molecule has 0 radical (unpaired) electrons. The number of benzene rings is 1. The zero-order valence-corrected chi connectivity index (χ0v) is 15.0. The number of hydrogen-bond acceptors (Lipinski definition) is 5. The van der Waals surface area contributed by atoms with Crippen molar-refractivity contribution in [2.45, 2.75) is 32.6 Å². The van der Waals surface area contributed by atoms with Crippen LogP contribution in [0, 0.1) is 0 Å². The SMILES string of the molecule is C/C(=N/Nc1cn[nH]c(=O)c1Cl)c1ccc(N2CCCCCC2)cc1. The number of nitrogens with one attached hydrogen (secondary N) is 2. The van der Waals surface area contributed by atoms with E-state index in [2.05, 4.69) is 49.9 Å². The third kappa shape index (κ3) is 4.39. The van der Waals surface area contributed by atoms with E-state index in [-0.39, 0.29) is 5.02 Å². The van der Waals surface area contributed by atoms with Crippen LogP contribution in [0.15, 0.2) is 40.4 Å². The lowest BCUT2D eigenvalue weighted by molar-refractivity contribution is 0.726. The minimum absolute atomic E-state index is 0.0445. The third-order valence-electron chi connectivity index (χ3n) is 4.40. The molecule has 1 aliphatic rings. The molecule has 0 amide bonds. The highest BCUT2D eigenvalue weighted by atomic mass is 35.5. The fraction of sp³-hybridized carbons (Fsp3) is 0.389. The van der Waals surface area contributed by atoms with Gasteiger partial charge in [0, 0.05) is 18.8 Å². The van der Waals surface area contributed by atoms with Gasteiger partial charge in [0.1, 0.15) is 10.7 Å². The maximum absolute atomic E-state index is 11.4. The number of aromatic nitrogens is 2. The quantitative estimate of drug-likeness (QED) is 0.645. The molecule has 1 saturated heterocycles. The molecular formula is C18H22ClN5O. The molecule has 0 atom stereocenters. The van der Waals surface area contributed by atoms with Crippen molar-refractivity contribution in [2.24, 2.45) is 5.10 Å². The number of hydrogen-bond donors (Lipinski definition) is 2. The Balaban J connectivity index is 1.70. The van der Waals surface area contributed by atoms with Gasteiger partial charge in [0.2, 0.25) is 0 Å². The van der Waals surface area contributed by atoms with E-state index in [1.807, 2.05) is 6.92 Å². The summed E-state index contributed by atoms with van der Waals surface area (Å²) in [6.07, 6.45) is 6.61. The minimum Gasteiger partial charge on any atom is -0.372 e. The van der Waals surface area contributed by atoms with Gasteiger partial charge >= 0.3 is 0 Å². The second-order valence-electron chi connectivity index (χ2n) is 6.18. The van der Waals surface area contributed by atoms with Gasteiger partial charge in [0.15, 0.2) is 0 Å². The molecule has 0 bridgehead atoms. The Kier molecular flexibility index (Phi) is 5.71. The molecule has 1 aliphatic heterocycles. The summed E-state index contributed by atoms with van der Waals surface area (Å²) in [5.41, 5.74) is 5.81. The highest BCUT2D eigenvalue weighted by Gasteiger charge is 2.10. The number of nitrogens with zero attached hydrogens (tertiary/aromatic N) is 3. The average Bonchev–Trinajstić information content (AvgIpc) is 2.92. The summed E-state index contributed by atoms with van der Waals surface area (Å²) in [5.74, 6) is 0. The van der Waals surface area contributed by atoms with E-state index in [1.165, 1.54) is 37.6 Å². The number of rotatable bonds is 4. The molecular weight excluding hydrogens is 338 g/mol. The normalized spacial score (nSPS) is 15.8. The molecule has 25 heavy (non-hydrogen) atoms. The Labute approximate surface area is 151 Å². The maximum atomic E-state index is 11.4. The van der Waals surface area contributed by atoms with Gasteiger partial charge in [0.25, 0.3) is 5.56 Å². The summed E-state index contributed by atoms with van der Waals surface area (Å²) < 4.78 is 0. The van der Waals surface area contributed by atoms with E-state index < -0.39 is 5.56 Å². The molecule has 0 spiro atoms. The van der Waals surface area contributed by atoms with Crippen molar-refractivity contribution in [3.05, 3.63) is 51.4 Å². The lowest BCUT2D eigenvalue weighted by Crippen LogP contribution is -2.23. The van der Waals surface area contributed by atoms with E-state index in [4.69, 9.17) is 11.6 Å². The summed E-state index contributed by atoms with van der Waals surface area (Å²) in [4.78, 5) is 13.9. The van der Waals surface area contributed by atoms with Crippen molar-refractivity contribution in [3.63, 3.8) is 0 Å². The van der Waals surface area contributed by atoms with Crippen LogP contribution in [0.3, 0.4) is 0 Å². The molecule has 0 unspecified atom stereocenters. The highest BCUT2D eigenvalue weighted by molar-refractivity contribution is 6.32. The Hall–Kier alpha value is -2.34. The predicted octanol–water partition coefficient (Wildman–Crippen LogP) is 3.64. The topological polar surface area (TPSA) is 73.4 Å².